The third-order valence-electron chi connectivity index (χ3n) is 3.34. The lowest BCUT2D eigenvalue weighted by atomic mass is 10.1. The summed E-state index contributed by atoms with van der Waals surface area (Å²) in [5.74, 6) is -1.04. The predicted octanol–water partition coefficient (Wildman–Crippen LogP) is 2.91. The second-order valence-corrected chi connectivity index (χ2v) is 5.76. The van der Waals surface area contributed by atoms with Gasteiger partial charge < -0.3 is 5.11 Å². The van der Waals surface area contributed by atoms with Crippen LogP contribution in [0.1, 0.15) is 15.9 Å². The standard InChI is InChI=1S/C16H11BrN2O3/c17-12-4-1-10(2-5-12)8-19-9-18-14-7-11(16(21)22)3-6-13(14)15(19)20/h1-7,9H,8H2,(H,21,22). The highest BCUT2D eigenvalue weighted by atomic mass is 79.9. The van der Waals surface area contributed by atoms with Gasteiger partial charge >= 0.3 is 5.97 Å². The van der Waals surface area contributed by atoms with Gasteiger partial charge in [0.2, 0.25) is 0 Å². The van der Waals surface area contributed by atoms with Crippen molar-refractivity contribution >= 4 is 32.8 Å². The first kappa shape index (κ1) is 14.5. The van der Waals surface area contributed by atoms with Crippen LogP contribution in [0.2, 0.25) is 0 Å². The normalized spacial score (nSPS) is 10.8. The van der Waals surface area contributed by atoms with E-state index in [1.807, 2.05) is 24.3 Å². The van der Waals surface area contributed by atoms with Crippen LogP contribution in [0.4, 0.5) is 0 Å². The second kappa shape index (κ2) is 5.73. The minimum absolute atomic E-state index is 0.116. The molecule has 1 heterocycles. The Kier molecular flexibility index (Phi) is 3.77. The molecule has 22 heavy (non-hydrogen) atoms. The van der Waals surface area contributed by atoms with Crippen LogP contribution in [0.25, 0.3) is 10.9 Å². The van der Waals surface area contributed by atoms with Gasteiger partial charge in [-0.2, -0.15) is 0 Å². The molecule has 5 nitrogen and oxygen atoms in total. The zero-order valence-corrected chi connectivity index (χ0v) is 12.9. The molecular formula is C16H11BrN2O3. The van der Waals surface area contributed by atoms with Crippen LogP contribution in [0.3, 0.4) is 0 Å². The molecule has 6 heteroatoms. The number of fused-ring (bicyclic) bond motifs is 1. The van der Waals surface area contributed by atoms with Gasteiger partial charge in [-0.3, -0.25) is 9.36 Å². The first-order valence-electron chi connectivity index (χ1n) is 6.51. The van der Waals surface area contributed by atoms with Crippen molar-refractivity contribution in [3.63, 3.8) is 0 Å². The van der Waals surface area contributed by atoms with Gasteiger partial charge in [-0.1, -0.05) is 28.1 Å². The Labute approximate surface area is 134 Å². The average Bonchev–Trinajstić information content (AvgIpc) is 2.52. The summed E-state index contributed by atoms with van der Waals surface area (Å²) in [5, 5.41) is 9.38. The minimum Gasteiger partial charge on any atom is -0.478 e. The molecule has 0 amide bonds. The molecule has 1 N–H and O–H groups in total. The summed E-state index contributed by atoms with van der Waals surface area (Å²) in [6.07, 6.45) is 1.44. The monoisotopic (exact) mass is 358 g/mol. The Bertz CT molecular complexity index is 917. The van der Waals surface area contributed by atoms with E-state index in [4.69, 9.17) is 5.11 Å². The minimum atomic E-state index is -1.04. The van der Waals surface area contributed by atoms with Gasteiger partial charge in [0.15, 0.2) is 0 Å². The van der Waals surface area contributed by atoms with Crippen LogP contribution >= 0.6 is 15.9 Å². The zero-order valence-electron chi connectivity index (χ0n) is 11.4. The van der Waals surface area contributed by atoms with Crippen LogP contribution in [-0.4, -0.2) is 20.6 Å². The van der Waals surface area contributed by atoms with Crippen LogP contribution in [0.15, 0.2) is 58.1 Å². The van der Waals surface area contributed by atoms with Crippen LogP contribution in [0.5, 0.6) is 0 Å². The van der Waals surface area contributed by atoms with Crippen molar-refractivity contribution in [2.24, 2.45) is 0 Å². The lowest BCUT2D eigenvalue weighted by Crippen LogP contribution is -2.21. The molecule has 0 radical (unpaired) electrons. The Balaban J connectivity index is 2.03. The molecule has 0 aliphatic carbocycles. The van der Waals surface area contributed by atoms with Gasteiger partial charge in [-0.05, 0) is 35.9 Å². The molecule has 110 valence electrons. The Morgan fingerprint density at radius 2 is 1.91 bits per heavy atom. The highest BCUT2D eigenvalue weighted by Crippen LogP contribution is 2.13. The van der Waals surface area contributed by atoms with E-state index in [1.165, 1.54) is 29.1 Å². The summed E-state index contributed by atoms with van der Waals surface area (Å²) in [6.45, 7) is 0.412. The number of halogens is 1. The van der Waals surface area contributed by atoms with E-state index in [9.17, 15) is 9.59 Å². The van der Waals surface area contributed by atoms with Crippen molar-refractivity contribution in [3.05, 3.63) is 74.7 Å². The number of aromatic nitrogens is 2. The van der Waals surface area contributed by atoms with Gasteiger partial charge in [0.1, 0.15) is 0 Å². The fraction of sp³-hybridized carbons (Fsp3) is 0.0625. The topological polar surface area (TPSA) is 72.2 Å². The van der Waals surface area contributed by atoms with Gasteiger partial charge in [0.05, 0.1) is 29.3 Å². The molecule has 3 aromatic rings. The molecule has 1 aromatic heterocycles. The Morgan fingerprint density at radius 1 is 1.18 bits per heavy atom. The van der Waals surface area contributed by atoms with Crippen molar-refractivity contribution in [2.75, 3.05) is 0 Å². The van der Waals surface area contributed by atoms with Gasteiger partial charge in [0.25, 0.3) is 5.56 Å². The third-order valence-corrected chi connectivity index (χ3v) is 3.87. The van der Waals surface area contributed by atoms with E-state index in [2.05, 4.69) is 20.9 Å². The number of rotatable bonds is 3. The quantitative estimate of drug-likeness (QED) is 0.781. The van der Waals surface area contributed by atoms with Crippen LogP contribution < -0.4 is 5.56 Å². The summed E-state index contributed by atoms with van der Waals surface area (Å²) in [4.78, 5) is 27.6. The first-order valence-corrected chi connectivity index (χ1v) is 7.31. The fourth-order valence-corrected chi connectivity index (χ4v) is 2.45. The summed E-state index contributed by atoms with van der Waals surface area (Å²) < 4.78 is 2.48. The van der Waals surface area contributed by atoms with Crippen LogP contribution in [0, 0.1) is 0 Å². The largest absolute Gasteiger partial charge is 0.478 e. The van der Waals surface area contributed by atoms with Crippen molar-refractivity contribution < 1.29 is 9.90 Å². The van der Waals surface area contributed by atoms with Crippen molar-refractivity contribution in [1.82, 2.24) is 9.55 Å². The highest BCUT2D eigenvalue weighted by Gasteiger charge is 2.08. The molecule has 0 spiro atoms. The van der Waals surface area contributed by atoms with Gasteiger partial charge in [-0.15, -0.1) is 0 Å². The van der Waals surface area contributed by atoms with Crippen LogP contribution in [-0.2, 0) is 6.54 Å². The van der Waals surface area contributed by atoms with Crippen molar-refractivity contribution in [3.8, 4) is 0 Å². The molecule has 0 fully saturated rings. The van der Waals surface area contributed by atoms with E-state index >= 15 is 0 Å². The fourth-order valence-electron chi connectivity index (χ4n) is 2.19. The predicted molar refractivity (Wildman–Crippen MR) is 86.2 cm³/mol. The smallest absolute Gasteiger partial charge is 0.335 e. The van der Waals surface area contributed by atoms with Gasteiger partial charge in [-0.25, -0.2) is 9.78 Å². The maximum Gasteiger partial charge on any atom is 0.335 e. The van der Waals surface area contributed by atoms with E-state index in [0.29, 0.717) is 17.4 Å². The van der Waals surface area contributed by atoms with E-state index < -0.39 is 5.97 Å². The number of carboxylic acids is 1. The number of hydrogen-bond acceptors (Lipinski definition) is 3. The van der Waals surface area contributed by atoms with Gasteiger partial charge in [0, 0.05) is 4.47 Å². The summed E-state index contributed by atoms with van der Waals surface area (Å²) in [6, 6.07) is 12.0. The molecule has 2 aromatic carbocycles. The number of benzene rings is 2. The summed E-state index contributed by atoms with van der Waals surface area (Å²) in [5.41, 5.74) is 1.29. The number of hydrogen-bond donors (Lipinski definition) is 1. The van der Waals surface area contributed by atoms with E-state index in [1.54, 1.807) is 0 Å². The number of carboxylic acid groups (broad SMARTS) is 1. The first-order chi connectivity index (χ1) is 10.5. The average molecular weight is 359 g/mol. The second-order valence-electron chi connectivity index (χ2n) is 4.84. The van der Waals surface area contributed by atoms with E-state index in [-0.39, 0.29) is 11.1 Å². The molecule has 0 aliphatic rings. The summed E-state index contributed by atoms with van der Waals surface area (Å²) in [7, 11) is 0. The molecule has 0 aliphatic heterocycles. The highest BCUT2D eigenvalue weighted by molar-refractivity contribution is 9.10. The molecule has 0 saturated heterocycles. The molecule has 3 rings (SSSR count). The molecule has 0 atom stereocenters. The molecule has 0 bridgehead atoms. The maximum atomic E-state index is 12.4. The number of aromatic carboxylic acids is 1. The Morgan fingerprint density at radius 3 is 2.59 bits per heavy atom. The SMILES string of the molecule is O=C(O)c1ccc2c(=O)n(Cc3ccc(Br)cc3)cnc2c1. The van der Waals surface area contributed by atoms with Crippen molar-refractivity contribution in [2.45, 2.75) is 6.54 Å². The third kappa shape index (κ3) is 2.78. The number of nitrogens with zero attached hydrogens (tertiary/aromatic N) is 2. The Hall–Kier alpha value is -2.47. The lowest BCUT2D eigenvalue weighted by molar-refractivity contribution is 0.0697. The number of carbonyl (C=O) groups is 1. The summed E-state index contributed by atoms with van der Waals surface area (Å²) >= 11 is 3.37. The molecule has 0 saturated carbocycles. The molecular weight excluding hydrogens is 348 g/mol. The van der Waals surface area contributed by atoms with E-state index in [0.717, 1.165) is 10.0 Å². The lowest BCUT2D eigenvalue weighted by Gasteiger charge is -2.07. The van der Waals surface area contributed by atoms with Crippen molar-refractivity contribution in [1.29, 1.82) is 0 Å². The zero-order chi connectivity index (χ0) is 15.7. The molecule has 0 unspecified atom stereocenters. The maximum absolute atomic E-state index is 12.4.